The third kappa shape index (κ3) is 2.87. The summed E-state index contributed by atoms with van der Waals surface area (Å²) in [6, 6.07) is 0. The van der Waals surface area contributed by atoms with Crippen LogP contribution in [0.2, 0.25) is 0 Å². The van der Waals surface area contributed by atoms with Crippen molar-refractivity contribution in [2.24, 2.45) is 0 Å². The van der Waals surface area contributed by atoms with Gasteiger partial charge in [-0.15, -0.1) is 0 Å². The summed E-state index contributed by atoms with van der Waals surface area (Å²) in [5.41, 5.74) is 3.59. The predicted molar refractivity (Wildman–Crippen MR) is 76.2 cm³/mol. The SMILES string of the molecule is CCCc1c(CC)nc(C)c(I)c1OCC. The largest absolute Gasteiger partial charge is 0.492 e. The van der Waals surface area contributed by atoms with Crippen molar-refractivity contribution in [3.8, 4) is 5.75 Å². The number of halogens is 1. The normalized spacial score (nSPS) is 10.6. The first-order valence-electron chi connectivity index (χ1n) is 5.96. The number of nitrogens with zero attached hydrogens (tertiary/aromatic N) is 1. The molecule has 16 heavy (non-hydrogen) atoms. The summed E-state index contributed by atoms with van der Waals surface area (Å²) in [7, 11) is 0. The van der Waals surface area contributed by atoms with Gasteiger partial charge < -0.3 is 4.74 Å². The molecule has 1 aromatic heterocycles. The minimum atomic E-state index is 0.722. The zero-order valence-corrected chi connectivity index (χ0v) is 12.7. The molecule has 2 nitrogen and oxygen atoms in total. The second-order valence-electron chi connectivity index (χ2n) is 3.80. The van der Waals surface area contributed by atoms with Gasteiger partial charge in [0.15, 0.2) is 0 Å². The highest BCUT2D eigenvalue weighted by atomic mass is 127. The Morgan fingerprint density at radius 2 is 1.94 bits per heavy atom. The number of hydrogen-bond acceptors (Lipinski definition) is 2. The summed E-state index contributed by atoms with van der Waals surface area (Å²) < 4.78 is 6.96. The molecule has 90 valence electrons. The van der Waals surface area contributed by atoms with E-state index in [2.05, 4.69) is 48.3 Å². The molecule has 0 aromatic carbocycles. The lowest BCUT2D eigenvalue weighted by molar-refractivity contribution is 0.332. The van der Waals surface area contributed by atoms with Gasteiger partial charge in [-0.2, -0.15) is 0 Å². The summed E-state index contributed by atoms with van der Waals surface area (Å²) in [6.45, 7) is 9.16. The molecule has 0 amide bonds. The zero-order valence-electron chi connectivity index (χ0n) is 10.6. The fourth-order valence-corrected chi connectivity index (χ4v) is 2.44. The highest BCUT2D eigenvalue weighted by molar-refractivity contribution is 14.1. The van der Waals surface area contributed by atoms with Gasteiger partial charge in [0, 0.05) is 11.3 Å². The molecule has 0 aliphatic heterocycles. The molecule has 0 bridgehead atoms. The van der Waals surface area contributed by atoms with Crippen molar-refractivity contribution in [2.75, 3.05) is 6.61 Å². The first kappa shape index (κ1) is 13.7. The number of pyridine rings is 1. The third-order valence-corrected chi connectivity index (χ3v) is 3.84. The van der Waals surface area contributed by atoms with Crippen molar-refractivity contribution in [3.63, 3.8) is 0 Å². The van der Waals surface area contributed by atoms with E-state index in [-0.39, 0.29) is 0 Å². The van der Waals surface area contributed by atoms with Crippen LogP contribution in [0.3, 0.4) is 0 Å². The number of aromatic nitrogens is 1. The molecule has 0 saturated heterocycles. The van der Waals surface area contributed by atoms with Crippen molar-refractivity contribution in [1.82, 2.24) is 4.98 Å². The zero-order chi connectivity index (χ0) is 12.1. The van der Waals surface area contributed by atoms with Crippen molar-refractivity contribution in [1.29, 1.82) is 0 Å². The van der Waals surface area contributed by atoms with Crippen LogP contribution in [0.4, 0.5) is 0 Å². The first-order chi connectivity index (χ1) is 7.65. The van der Waals surface area contributed by atoms with Crippen LogP contribution in [-0.2, 0) is 12.8 Å². The van der Waals surface area contributed by atoms with E-state index in [0.29, 0.717) is 0 Å². The van der Waals surface area contributed by atoms with E-state index < -0.39 is 0 Å². The molecule has 1 aromatic rings. The maximum absolute atomic E-state index is 5.80. The first-order valence-corrected chi connectivity index (χ1v) is 7.04. The van der Waals surface area contributed by atoms with E-state index in [1.54, 1.807) is 0 Å². The smallest absolute Gasteiger partial charge is 0.139 e. The molecular formula is C13H20INO. The van der Waals surface area contributed by atoms with Gasteiger partial charge in [-0.1, -0.05) is 20.3 Å². The van der Waals surface area contributed by atoms with Gasteiger partial charge in [0.05, 0.1) is 15.9 Å². The van der Waals surface area contributed by atoms with Crippen LogP contribution < -0.4 is 4.74 Å². The summed E-state index contributed by atoms with van der Waals surface area (Å²) in [6.07, 6.45) is 3.17. The molecule has 1 rings (SSSR count). The second kappa shape index (κ2) is 6.42. The number of ether oxygens (including phenoxy) is 1. The molecule has 0 aliphatic rings. The molecule has 0 saturated carbocycles. The lowest BCUT2D eigenvalue weighted by atomic mass is 10.0. The molecule has 0 atom stereocenters. The summed E-state index contributed by atoms with van der Waals surface area (Å²) in [5, 5.41) is 0. The number of aryl methyl sites for hydroxylation is 2. The standard InChI is InChI=1S/C13H20INO/c1-5-8-10-11(6-2)15-9(4)12(14)13(10)16-7-3/h5-8H2,1-4H3. The minimum Gasteiger partial charge on any atom is -0.492 e. The molecular weight excluding hydrogens is 313 g/mol. The highest BCUT2D eigenvalue weighted by Crippen LogP contribution is 2.31. The van der Waals surface area contributed by atoms with Gasteiger partial charge in [0.25, 0.3) is 0 Å². The molecule has 0 unspecified atom stereocenters. The fraction of sp³-hybridized carbons (Fsp3) is 0.615. The topological polar surface area (TPSA) is 22.1 Å². The van der Waals surface area contributed by atoms with Crippen LogP contribution in [0.15, 0.2) is 0 Å². The Labute approximate surface area is 112 Å². The summed E-state index contributed by atoms with van der Waals surface area (Å²) in [4.78, 5) is 4.67. The fourth-order valence-electron chi connectivity index (χ4n) is 1.84. The van der Waals surface area contributed by atoms with E-state index in [4.69, 9.17) is 4.74 Å². The third-order valence-electron chi connectivity index (χ3n) is 2.57. The molecule has 1 heterocycles. The molecule has 0 spiro atoms. The lowest BCUT2D eigenvalue weighted by Gasteiger charge is -2.16. The van der Waals surface area contributed by atoms with Gasteiger partial charge >= 0.3 is 0 Å². The monoisotopic (exact) mass is 333 g/mol. The van der Waals surface area contributed by atoms with Crippen molar-refractivity contribution >= 4 is 22.6 Å². The molecule has 0 fully saturated rings. The van der Waals surface area contributed by atoms with Crippen LogP contribution >= 0.6 is 22.6 Å². The van der Waals surface area contributed by atoms with Gasteiger partial charge in [-0.3, -0.25) is 4.98 Å². The lowest BCUT2D eigenvalue weighted by Crippen LogP contribution is -2.07. The molecule has 0 radical (unpaired) electrons. The van der Waals surface area contributed by atoms with Gasteiger partial charge in [-0.25, -0.2) is 0 Å². The van der Waals surface area contributed by atoms with Gasteiger partial charge in [0.2, 0.25) is 0 Å². The van der Waals surface area contributed by atoms with E-state index in [9.17, 15) is 0 Å². The Balaban J connectivity index is 3.31. The highest BCUT2D eigenvalue weighted by Gasteiger charge is 2.15. The second-order valence-corrected chi connectivity index (χ2v) is 4.88. The van der Waals surface area contributed by atoms with Gasteiger partial charge in [0.1, 0.15) is 5.75 Å². The van der Waals surface area contributed by atoms with Crippen molar-refractivity contribution in [2.45, 2.75) is 47.0 Å². The average Bonchev–Trinajstić information content (AvgIpc) is 2.28. The van der Waals surface area contributed by atoms with Crippen molar-refractivity contribution < 1.29 is 4.74 Å². The Morgan fingerprint density at radius 3 is 2.44 bits per heavy atom. The quantitative estimate of drug-likeness (QED) is 0.763. The van der Waals surface area contributed by atoms with Crippen LogP contribution in [0.1, 0.15) is 44.1 Å². The average molecular weight is 333 g/mol. The van der Waals surface area contributed by atoms with E-state index in [0.717, 1.165) is 37.3 Å². The van der Waals surface area contributed by atoms with E-state index >= 15 is 0 Å². The van der Waals surface area contributed by atoms with Crippen molar-refractivity contribution in [3.05, 3.63) is 20.5 Å². The Morgan fingerprint density at radius 1 is 1.25 bits per heavy atom. The number of rotatable bonds is 5. The molecule has 0 N–H and O–H groups in total. The Hall–Kier alpha value is -0.320. The van der Waals surface area contributed by atoms with Crippen LogP contribution in [0, 0.1) is 10.5 Å². The molecule has 0 aliphatic carbocycles. The summed E-state index contributed by atoms with van der Waals surface area (Å²) >= 11 is 2.34. The number of hydrogen-bond donors (Lipinski definition) is 0. The van der Waals surface area contributed by atoms with E-state index in [1.807, 2.05) is 6.92 Å². The van der Waals surface area contributed by atoms with Crippen LogP contribution in [0.25, 0.3) is 0 Å². The predicted octanol–water partition coefficient (Wildman–Crippen LogP) is 3.91. The summed E-state index contributed by atoms with van der Waals surface area (Å²) in [5.74, 6) is 1.06. The Bertz CT molecular complexity index is 363. The van der Waals surface area contributed by atoms with Crippen LogP contribution in [0.5, 0.6) is 5.75 Å². The van der Waals surface area contributed by atoms with Gasteiger partial charge in [-0.05, 0) is 49.3 Å². The maximum Gasteiger partial charge on any atom is 0.139 e. The maximum atomic E-state index is 5.80. The van der Waals surface area contributed by atoms with Crippen LogP contribution in [-0.4, -0.2) is 11.6 Å². The minimum absolute atomic E-state index is 0.722. The Kier molecular flexibility index (Phi) is 5.52. The van der Waals surface area contributed by atoms with E-state index in [1.165, 1.54) is 14.8 Å². The molecule has 3 heteroatoms.